The first-order valence-electron chi connectivity index (χ1n) is 7.55. The average Bonchev–Trinajstić information content (AvgIpc) is 2.87. The number of hydrogen-bond acceptors (Lipinski definition) is 3. The van der Waals surface area contributed by atoms with Crippen LogP contribution in [0.1, 0.15) is 45.1 Å². The maximum Gasteiger partial charge on any atom is 0.331 e. The number of hydrogen-bond donors (Lipinski definition) is 0. The molecular weight excluding hydrogens is 264 g/mol. The molecule has 0 radical (unpaired) electrons. The van der Waals surface area contributed by atoms with E-state index >= 15 is 0 Å². The van der Waals surface area contributed by atoms with E-state index in [-0.39, 0.29) is 17.7 Å². The third kappa shape index (κ3) is 3.41. The maximum absolute atomic E-state index is 11.7. The molecule has 3 heteroatoms. The molecule has 21 heavy (non-hydrogen) atoms. The minimum atomic E-state index is -0.792. The number of Topliss-reactive ketones (excluding diaryl/α,β-unsaturated/α-hetero) is 1. The topological polar surface area (TPSA) is 43.4 Å². The van der Waals surface area contributed by atoms with E-state index in [1.54, 1.807) is 6.92 Å². The van der Waals surface area contributed by atoms with Gasteiger partial charge in [0, 0.05) is 18.4 Å². The molecule has 0 fully saturated rings. The van der Waals surface area contributed by atoms with Crippen molar-refractivity contribution in [2.45, 2.75) is 45.1 Å². The van der Waals surface area contributed by atoms with Crippen LogP contribution in [0.5, 0.6) is 0 Å². The molecule has 0 amide bonds. The van der Waals surface area contributed by atoms with Crippen LogP contribution in [-0.4, -0.2) is 11.8 Å². The second-order valence-corrected chi connectivity index (χ2v) is 5.66. The molecule has 0 aliphatic carbocycles. The number of benzene rings is 1. The van der Waals surface area contributed by atoms with Crippen molar-refractivity contribution in [3.05, 3.63) is 48.0 Å². The van der Waals surface area contributed by atoms with E-state index < -0.39 is 5.60 Å². The second kappa shape index (κ2) is 6.70. The predicted molar refractivity (Wildman–Crippen MR) is 81.7 cm³/mol. The van der Waals surface area contributed by atoms with Gasteiger partial charge < -0.3 is 9.53 Å². The molecule has 1 aliphatic heterocycles. The number of cyclic esters (lactones) is 1. The van der Waals surface area contributed by atoms with Crippen LogP contribution >= 0.6 is 0 Å². The van der Waals surface area contributed by atoms with Crippen LogP contribution in [0, 0.1) is 5.92 Å². The summed E-state index contributed by atoms with van der Waals surface area (Å²) in [5.41, 5.74) is 0.147. The first kappa shape index (κ1) is 15.5. The first-order chi connectivity index (χ1) is 10.1. The number of rotatable bonds is 7. The van der Waals surface area contributed by atoms with Gasteiger partial charge in [-0.2, -0.15) is 0 Å². The van der Waals surface area contributed by atoms with Crippen molar-refractivity contribution < 1.29 is 14.3 Å². The Morgan fingerprint density at radius 3 is 2.52 bits per heavy atom. The van der Waals surface area contributed by atoms with Gasteiger partial charge in [0.25, 0.3) is 0 Å². The van der Waals surface area contributed by atoms with Crippen molar-refractivity contribution in [2.75, 3.05) is 0 Å². The number of carbonyl (C=O) groups excluding carboxylic acids is 2. The minimum Gasteiger partial charge on any atom is -0.446 e. The van der Waals surface area contributed by atoms with Gasteiger partial charge in [-0.15, -0.1) is 0 Å². The van der Waals surface area contributed by atoms with Gasteiger partial charge in [0.05, 0.1) is 0 Å². The van der Waals surface area contributed by atoms with Crippen molar-refractivity contribution in [3.63, 3.8) is 0 Å². The average molecular weight is 286 g/mol. The van der Waals surface area contributed by atoms with Crippen LogP contribution < -0.4 is 0 Å². The maximum atomic E-state index is 11.7. The molecule has 0 saturated heterocycles. The zero-order valence-corrected chi connectivity index (χ0v) is 12.7. The number of ketones is 1. The van der Waals surface area contributed by atoms with Gasteiger partial charge >= 0.3 is 5.97 Å². The monoisotopic (exact) mass is 286 g/mol. The molecule has 1 aliphatic rings. The number of unbranched alkanes of at least 4 members (excludes halogenated alkanes) is 1. The van der Waals surface area contributed by atoms with Gasteiger partial charge in [0.15, 0.2) is 5.60 Å². The Bertz CT molecular complexity index is 533. The predicted octanol–water partition coefficient (Wildman–Crippen LogP) is 3.78. The Kier molecular flexibility index (Phi) is 4.94. The smallest absolute Gasteiger partial charge is 0.331 e. The highest BCUT2D eigenvalue weighted by Crippen LogP contribution is 2.43. The lowest BCUT2D eigenvalue weighted by molar-refractivity contribution is -0.152. The highest BCUT2D eigenvalue weighted by atomic mass is 16.6. The summed E-state index contributed by atoms with van der Waals surface area (Å²) in [6, 6.07) is 9.72. The molecule has 1 heterocycles. The Morgan fingerprint density at radius 1 is 1.29 bits per heavy atom. The lowest BCUT2D eigenvalue weighted by Gasteiger charge is -2.35. The van der Waals surface area contributed by atoms with E-state index in [0.29, 0.717) is 6.42 Å². The zero-order valence-electron chi connectivity index (χ0n) is 12.7. The molecule has 2 rings (SSSR count). The van der Waals surface area contributed by atoms with Crippen LogP contribution in [0.3, 0.4) is 0 Å². The van der Waals surface area contributed by atoms with Crippen molar-refractivity contribution in [1.29, 1.82) is 0 Å². The van der Waals surface area contributed by atoms with Gasteiger partial charge in [0.2, 0.25) is 0 Å². The molecule has 2 atom stereocenters. The van der Waals surface area contributed by atoms with Crippen LogP contribution in [0.25, 0.3) is 0 Å². The zero-order chi connectivity index (χ0) is 15.3. The van der Waals surface area contributed by atoms with Gasteiger partial charge in [-0.3, -0.25) is 0 Å². The van der Waals surface area contributed by atoms with E-state index in [4.69, 9.17) is 4.74 Å². The number of carbonyl (C=O) groups is 2. The summed E-state index contributed by atoms with van der Waals surface area (Å²) < 4.78 is 5.69. The van der Waals surface area contributed by atoms with Gasteiger partial charge in [-0.1, -0.05) is 50.1 Å². The van der Waals surface area contributed by atoms with Crippen LogP contribution in [0.4, 0.5) is 0 Å². The summed E-state index contributed by atoms with van der Waals surface area (Å²) >= 11 is 0. The highest BCUT2D eigenvalue weighted by Gasteiger charge is 2.44. The molecule has 112 valence electrons. The van der Waals surface area contributed by atoms with E-state index in [1.165, 1.54) is 6.08 Å². The molecule has 1 aromatic rings. The van der Waals surface area contributed by atoms with E-state index in [1.807, 2.05) is 36.4 Å². The molecule has 0 N–H and O–H groups in total. The van der Waals surface area contributed by atoms with Crippen LogP contribution in [0.2, 0.25) is 0 Å². The quantitative estimate of drug-likeness (QED) is 0.716. The third-order valence-electron chi connectivity index (χ3n) is 4.01. The van der Waals surface area contributed by atoms with Crippen LogP contribution in [-0.2, 0) is 19.9 Å². The summed E-state index contributed by atoms with van der Waals surface area (Å²) in [7, 11) is 0. The molecule has 0 bridgehead atoms. The summed E-state index contributed by atoms with van der Waals surface area (Å²) in [5, 5.41) is 0. The van der Waals surface area contributed by atoms with Crippen molar-refractivity contribution >= 4 is 11.8 Å². The van der Waals surface area contributed by atoms with Crippen LogP contribution in [0.15, 0.2) is 42.5 Å². The minimum absolute atomic E-state index is 0.0138. The lowest BCUT2D eigenvalue weighted by Crippen LogP contribution is -2.36. The molecule has 3 nitrogen and oxygen atoms in total. The summed E-state index contributed by atoms with van der Waals surface area (Å²) in [4.78, 5) is 23.4. The number of esters is 1. The first-order valence-corrected chi connectivity index (χ1v) is 7.55. The fraction of sp³-hybridized carbons (Fsp3) is 0.444. The number of ether oxygens (including phenoxy) is 1. The second-order valence-electron chi connectivity index (χ2n) is 5.66. The molecule has 0 aromatic heterocycles. The summed E-state index contributed by atoms with van der Waals surface area (Å²) in [6.07, 6.45) is 6.66. The lowest BCUT2D eigenvalue weighted by atomic mass is 9.76. The Morgan fingerprint density at radius 2 is 2.00 bits per heavy atom. The van der Waals surface area contributed by atoms with Crippen molar-refractivity contribution in [2.24, 2.45) is 5.92 Å². The van der Waals surface area contributed by atoms with E-state index in [9.17, 15) is 9.59 Å². The molecular formula is C18H22O3. The molecule has 1 aromatic carbocycles. The molecule has 0 unspecified atom stereocenters. The van der Waals surface area contributed by atoms with E-state index in [2.05, 4.69) is 6.92 Å². The highest BCUT2D eigenvalue weighted by molar-refractivity contribution is 5.86. The fourth-order valence-corrected chi connectivity index (χ4v) is 3.00. The third-order valence-corrected chi connectivity index (χ3v) is 4.01. The van der Waals surface area contributed by atoms with Crippen molar-refractivity contribution in [1.82, 2.24) is 0 Å². The van der Waals surface area contributed by atoms with Gasteiger partial charge in [0.1, 0.15) is 5.78 Å². The normalized spacial score (nSPS) is 22.1. The largest absolute Gasteiger partial charge is 0.446 e. The Labute approximate surface area is 126 Å². The standard InChI is InChI=1S/C18H22O3/c1-3-4-8-16(13-14(2)19)18(12-11-17(20)21-18)15-9-6-5-7-10-15/h5-7,9-12,16H,3-4,8,13H2,1-2H3/t16-,18+/m0/s1. The van der Waals surface area contributed by atoms with Gasteiger partial charge in [-0.25, -0.2) is 4.79 Å². The fourth-order valence-electron chi connectivity index (χ4n) is 3.00. The SMILES string of the molecule is CCCC[C@@H](CC(C)=O)[C@]1(c2ccccc2)C=CC(=O)O1. The summed E-state index contributed by atoms with van der Waals surface area (Å²) in [5.74, 6) is -0.216. The molecule has 0 saturated carbocycles. The van der Waals surface area contributed by atoms with E-state index in [0.717, 1.165) is 24.8 Å². The molecule has 0 spiro atoms. The summed E-state index contributed by atoms with van der Waals surface area (Å²) in [6.45, 7) is 3.72. The van der Waals surface area contributed by atoms with Crippen molar-refractivity contribution in [3.8, 4) is 0 Å². The van der Waals surface area contributed by atoms with Gasteiger partial charge in [-0.05, 0) is 25.0 Å². The Balaban J connectivity index is 2.39. The Hall–Kier alpha value is -1.90.